The van der Waals surface area contributed by atoms with Crippen molar-refractivity contribution in [3.63, 3.8) is 0 Å². The van der Waals surface area contributed by atoms with E-state index in [2.05, 4.69) is 26.1 Å². The lowest BCUT2D eigenvalue weighted by Gasteiger charge is -2.30. The maximum Gasteiger partial charge on any atom is 0.244 e. The molecule has 0 aliphatic carbocycles. The topological polar surface area (TPSA) is 75.7 Å². The average Bonchev–Trinajstić information content (AvgIpc) is 2.70. The van der Waals surface area contributed by atoms with Gasteiger partial charge in [0, 0.05) is 0 Å². The van der Waals surface area contributed by atoms with E-state index in [1.165, 1.54) is 9.87 Å². The molecule has 176 valence electrons. The lowest BCUT2D eigenvalue weighted by Crippen LogP contribution is -2.50. The molecule has 2 aromatic rings. The van der Waals surface area contributed by atoms with Crippen molar-refractivity contribution in [1.29, 1.82) is 0 Å². The van der Waals surface area contributed by atoms with Gasteiger partial charge in [0.2, 0.25) is 15.9 Å². The minimum Gasteiger partial charge on any atom is -0.492 e. The zero-order valence-corrected chi connectivity index (χ0v) is 21.0. The number of ether oxygens (including phenoxy) is 1. The van der Waals surface area contributed by atoms with Gasteiger partial charge in [0.1, 0.15) is 18.4 Å². The van der Waals surface area contributed by atoms with Crippen molar-refractivity contribution in [3.8, 4) is 5.75 Å². The Hall–Kier alpha value is -2.54. The fourth-order valence-electron chi connectivity index (χ4n) is 3.44. The van der Waals surface area contributed by atoms with E-state index in [-0.39, 0.29) is 17.9 Å². The van der Waals surface area contributed by atoms with Crippen LogP contribution in [-0.2, 0) is 20.2 Å². The maximum absolute atomic E-state index is 12.9. The molecule has 7 heteroatoms. The highest BCUT2D eigenvalue weighted by atomic mass is 32.2. The molecule has 0 saturated carbocycles. The Bertz CT molecular complexity index is 1020. The van der Waals surface area contributed by atoms with Crippen LogP contribution in [0.2, 0.25) is 0 Å². The predicted molar refractivity (Wildman–Crippen MR) is 131 cm³/mol. The quantitative estimate of drug-likeness (QED) is 0.565. The summed E-state index contributed by atoms with van der Waals surface area (Å²) >= 11 is 0. The second kappa shape index (κ2) is 10.4. The SMILES string of the molecule is CCC(C(=O)NCCOc1ccc(C(C)(C)C)cc1)N(c1ccc(C)c(C)c1)S(C)(=O)=O. The summed E-state index contributed by atoms with van der Waals surface area (Å²) in [5.74, 6) is 0.384. The van der Waals surface area contributed by atoms with E-state index in [0.717, 1.165) is 23.1 Å². The molecule has 0 bridgehead atoms. The van der Waals surface area contributed by atoms with E-state index < -0.39 is 16.1 Å². The smallest absolute Gasteiger partial charge is 0.244 e. The van der Waals surface area contributed by atoms with Crippen molar-refractivity contribution < 1.29 is 17.9 Å². The standard InChI is InChI=1S/C25H36N2O4S/c1-8-23(27(32(7,29)30)21-12-9-18(2)19(3)17-21)24(28)26-15-16-31-22-13-10-20(11-14-22)25(4,5)6/h9-14,17,23H,8,15-16H2,1-7H3,(H,26,28). The van der Waals surface area contributed by atoms with E-state index in [0.29, 0.717) is 18.7 Å². The monoisotopic (exact) mass is 460 g/mol. The Kier molecular flexibility index (Phi) is 8.35. The second-order valence-electron chi connectivity index (χ2n) is 9.17. The molecule has 0 radical (unpaired) electrons. The van der Waals surface area contributed by atoms with Crippen LogP contribution in [0.3, 0.4) is 0 Å². The van der Waals surface area contributed by atoms with E-state index in [4.69, 9.17) is 4.74 Å². The molecule has 1 atom stereocenters. The molecule has 1 unspecified atom stereocenters. The van der Waals surface area contributed by atoms with Gasteiger partial charge in [-0.2, -0.15) is 0 Å². The van der Waals surface area contributed by atoms with E-state index in [9.17, 15) is 13.2 Å². The molecule has 0 aliphatic rings. The van der Waals surface area contributed by atoms with Crippen LogP contribution in [0.1, 0.15) is 50.8 Å². The van der Waals surface area contributed by atoms with Gasteiger partial charge < -0.3 is 10.1 Å². The molecule has 0 heterocycles. The summed E-state index contributed by atoms with van der Waals surface area (Å²) in [4.78, 5) is 12.9. The third-order valence-electron chi connectivity index (χ3n) is 5.47. The minimum absolute atomic E-state index is 0.0726. The van der Waals surface area contributed by atoms with Crippen molar-refractivity contribution in [1.82, 2.24) is 5.32 Å². The third kappa shape index (κ3) is 6.73. The molecular formula is C25H36N2O4S. The first-order chi connectivity index (χ1) is 14.8. The number of anilines is 1. The van der Waals surface area contributed by atoms with Gasteiger partial charge in [-0.05, 0) is 66.6 Å². The first kappa shape index (κ1) is 25.7. The van der Waals surface area contributed by atoms with E-state index >= 15 is 0 Å². The zero-order chi connectivity index (χ0) is 24.1. The second-order valence-corrected chi connectivity index (χ2v) is 11.0. The number of benzene rings is 2. The van der Waals surface area contributed by atoms with Crippen molar-refractivity contribution in [3.05, 3.63) is 59.2 Å². The van der Waals surface area contributed by atoms with Crippen LogP contribution in [-0.4, -0.2) is 39.8 Å². The van der Waals surface area contributed by atoms with Crippen molar-refractivity contribution in [2.75, 3.05) is 23.7 Å². The molecule has 1 amide bonds. The van der Waals surface area contributed by atoms with Crippen LogP contribution in [0.15, 0.2) is 42.5 Å². The summed E-state index contributed by atoms with van der Waals surface area (Å²) in [6.45, 7) is 12.7. The van der Waals surface area contributed by atoms with E-state index in [1.807, 2.05) is 44.2 Å². The normalized spacial score (nSPS) is 12.8. The Morgan fingerprint density at radius 2 is 1.69 bits per heavy atom. The maximum atomic E-state index is 12.9. The lowest BCUT2D eigenvalue weighted by atomic mass is 9.87. The summed E-state index contributed by atoms with van der Waals surface area (Å²) in [6, 6.07) is 12.5. The fraction of sp³-hybridized carbons (Fsp3) is 0.480. The summed E-state index contributed by atoms with van der Waals surface area (Å²) in [6.07, 6.45) is 1.48. The Morgan fingerprint density at radius 1 is 1.06 bits per heavy atom. The summed E-state index contributed by atoms with van der Waals surface area (Å²) in [5.41, 5.74) is 3.82. The number of hydrogen-bond donors (Lipinski definition) is 1. The number of rotatable bonds is 9. The largest absolute Gasteiger partial charge is 0.492 e. The fourth-order valence-corrected chi connectivity index (χ4v) is 4.64. The first-order valence-corrected chi connectivity index (χ1v) is 12.8. The van der Waals surface area contributed by atoms with Gasteiger partial charge >= 0.3 is 0 Å². The van der Waals surface area contributed by atoms with Gasteiger partial charge in [0.15, 0.2) is 0 Å². The Morgan fingerprint density at radius 3 is 2.19 bits per heavy atom. The zero-order valence-electron chi connectivity index (χ0n) is 20.2. The number of nitrogens with one attached hydrogen (secondary N) is 1. The van der Waals surface area contributed by atoms with Gasteiger partial charge in [0.05, 0.1) is 18.5 Å². The number of hydrogen-bond acceptors (Lipinski definition) is 4. The Labute approximate surface area is 193 Å². The highest BCUT2D eigenvalue weighted by Crippen LogP contribution is 2.26. The van der Waals surface area contributed by atoms with Crippen LogP contribution in [0.25, 0.3) is 0 Å². The van der Waals surface area contributed by atoms with Gasteiger partial charge in [-0.15, -0.1) is 0 Å². The van der Waals surface area contributed by atoms with Crippen LogP contribution in [0, 0.1) is 13.8 Å². The number of amides is 1. The van der Waals surface area contributed by atoms with Gasteiger partial charge in [-0.25, -0.2) is 8.42 Å². The summed E-state index contributed by atoms with van der Waals surface area (Å²) in [5, 5.41) is 2.82. The van der Waals surface area contributed by atoms with Gasteiger partial charge in [-0.3, -0.25) is 9.10 Å². The molecule has 0 spiro atoms. The molecule has 2 rings (SSSR count). The Balaban J connectivity index is 2.03. The molecule has 0 aliphatic heterocycles. The van der Waals surface area contributed by atoms with Crippen molar-refractivity contribution in [2.24, 2.45) is 0 Å². The molecule has 2 aromatic carbocycles. The molecule has 1 N–H and O–H groups in total. The summed E-state index contributed by atoms with van der Waals surface area (Å²) < 4.78 is 32.1. The molecule has 6 nitrogen and oxygen atoms in total. The van der Waals surface area contributed by atoms with Crippen molar-refractivity contribution in [2.45, 2.75) is 59.4 Å². The first-order valence-electron chi connectivity index (χ1n) is 10.9. The molecular weight excluding hydrogens is 424 g/mol. The van der Waals surface area contributed by atoms with Crippen molar-refractivity contribution >= 4 is 21.6 Å². The predicted octanol–water partition coefficient (Wildman–Crippen LogP) is 4.34. The molecule has 0 aromatic heterocycles. The number of sulfonamides is 1. The lowest BCUT2D eigenvalue weighted by molar-refractivity contribution is -0.122. The number of carbonyl (C=O) groups excluding carboxylic acids is 1. The van der Waals surface area contributed by atoms with Crippen LogP contribution in [0.5, 0.6) is 5.75 Å². The van der Waals surface area contributed by atoms with E-state index in [1.54, 1.807) is 19.1 Å². The van der Waals surface area contributed by atoms with Crippen LogP contribution >= 0.6 is 0 Å². The van der Waals surface area contributed by atoms with Crippen LogP contribution in [0.4, 0.5) is 5.69 Å². The van der Waals surface area contributed by atoms with Gasteiger partial charge in [-0.1, -0.05) is 45.9 Å². The average molecular weight is 461 g/mol. The highest BCUT2D eigenvalue weighted by Gasteiger charge is 2.31. The number of carbonyl (C=O) groups is 1. The molecule has 32 heavy (non-hydrogen) atoms. The minimum atomic E-state index is -3.65. The number of nitrogens with zero attached hydrogens (tertiary/aromatic N) is 1. The number of aryl methyl sites for hydroxylation is 2. The molecule has 0 fully saturated rings. The molecule has 0 saturated heterocycles. The highest BCUT2D eigenvalue weighted by molar-refractivity contribution is 7.92. The van der Waals surface area contributed by atoms with Crippen LogP contribution < -0.4 is 14.4 Å². The van der Waals surface area contributed by atoms with Gasteiger partial charge in [0.25, 0.3) is 0 Å². The summed E-state index contributed by atoms with van der Waals surface area (Å²) in [7, 11) is -3.65. The third-order valence-corrected chi connectivity index (χ3v) is 6.64.